The highest BCUT2D eigenvalue weighted by Gasteiger charge is 2.31. The quantitative estimate of drug-likeness (QED) is 0.769. The third-order valence-corrected chi connectivity index (χ3v) is 2.90. The molecule has 0 aromatic heterocycles. The first kappa shape index (κ1) is 12.7. The van der Waals surface area contributed by atoms with Crippen LogP contribution in [0.15, 0.2) is 35.9 Å². The Morgan fingerprint density at radius 2 is 2.00 bits per heavy atom. The number of hydrogen-bond donors (Lipinski definition) is 1. The third kappa shape index (κ3) is 2.55. The molecular formula is C15H20N2O. The van der Waals surface area contributed by atoms with Crippen LogP contribution in [0.4, 0.5) is 11.4 Å². The smallest absolute Gasteiger partial charge is 0.251 e. The van der Waals surface area contributed by atoms with E-state index in [1.54, 1.807) is 6.08 Å². The van der Waals surface area contributed by atoms with E-state index in [9.17, 15) is 4.79 Å². The molecule has 1 heterocycles. The largest absolute Gasteiger partial charge is 0.377 e. The number of fused-ring (bicyclic) bond motifs is 1. The SMILES string of the molecule is CC(C)=CC(=O)N1CC(C)(C)Nc2ccccc21. The summed E-state index contributed by atoms with van der Waals surface area (Å²) in [7, 11) is 0. The fourth-order valence-corrected chi connectivity index (χ4v) is 2.22. The van der Waals surface area contributed by atoms with Gasteiger partial charge >= 0.3 is 0 Å². The summed E-state index contributed by atoms with van der Waals surface area (Å²) in [5, 5.41) is 3.46. The molecule has 0 saturated heterocycles. The lowest BCUT2D eigenvalue weighted by Crippen LogP contribution is -2.50. The molecule has 1 aromatic rings. The molecule has 0 aliphatic carbocycles. The molecule has 18 heavy (non-hydrogen) atoms. The van der Waals surface area contributed by atoms with Crippen molar-refractivity contribution in [3.63, 3.8) is 0 Å². The second-order valence-corrected chi connectivity index (χ2v) is 5.67. The van der Waals surface area contributed by atoms with E-state index in [-0.39, 0.29) is 11.4 Å². The molecule has 0 bridgehead atoms. The van der Waals surface area contributed by atoms with Gasteiger partial charge in [0, 0.05) is 18.2 Å². The molecule has 2 rings (SSSR count). The molecule has 96 valence electrons. The van der Waals surface area contributed by atoms with Crippen LogP contribution in [0.3, 0.4) is 0 Å². The van der Waals surface area contributed by atoms with Crippen LogP contribution >= 0.6 is 0 Å². The Kier molecular flexibility index (Phi) is 3.16. The molecule has 0 radical (unpaired) electrons. The van der Waals surface area contributed by atoms with Gasteiger partial charge in [0.15, 0.2) is 0 Å². The van der Waals surface area contributed by atoms with Gasteiger partial charge in [0.1, 0.15) is 0 Å². The van der Waals surface area contributed by atoms with Crippen molar-refractivity contribution < 1.29 is 4.79 Å². The van der Waals surface area contributed by atoms with Gasteiger partial charge < -0.3 is 10.2 Å². The molecule has 0 unspecified atom stereocenters. The Balaban J connectivity index is 2.42. The average molecular weight is 244 g/mol. The Hall–Kier alpha value is -1.77. The normalized spacial score (nSPS) is 16.6. The Morgan fingerprint density at radius 3 is 2.67 bits per heavy atom. The second-order valence-electron chi connectivity index (χ2n) is 5.67. The van der Waals surface area contributed by atoms with E-state index in [4.69, 9.17) is 0 Å². The molecule has 1 aliphatic rings. The molecule has 0 spiro atoms. The molecule has 0 fully saturated rings. The zero-order chi connectivity index (χ0) is 13.3. The molecular weight excluding hydrogens is 224 g/mol. The number of amides is 1. The van der Waals surface area contributed by atoms with Crippen molar-refractivity contribution in [2.24, 2.45) is 0 Å². The lowest BCUT2D eigenvalue weighted by atomic mass is 9.99. The minimum atomic E-state index is -0.112. The summed E-state index contributed by atoms with van der Waals surface area (Å²) in [6.07, 6.45) is 1.69. The highest BCUT2D eigenvalue weighted by Crippen LogP contribution is 2.34. The van der Waals surface area contributed by atoms with Crippen LogP contribution in [-0.4, -0.2) is 18.0 Å². The number of hydrogen-bond acceptors (Lipinski definition) is 2. The van der Waals surface area contributed by atoms with Crippen LogP contribution in [0.25, 0.3) is 0 Å². The number of rotatable bonds is 1. The van der Waals surface area contributed by atoms with E-state index in [0.29, 0.717) is 6.54 Å². The second kappa shape index (κ2) is 4.48. The fraction of sp³-hybridized carbons (Fsp3) is 0.400. The van der Waals surface area contributed by atoms with Crippen LogP contribution in [0.5, 0.6) is 0 Å². The van der Waals surface area contributed by atoms with Gasteiger partial charge in [-0.15, -0.1) is 0 Å². The summed E-state index contributed by atoms with van der Waals surface area (Å²) in [4.78, 5) is 14.1. The minimum Gasteiger partial charge on any atom is -0.377 e. The summed E-state index contributed by atoms with van der Waals surface area (Å²) >= 11 is 0. The van der Waals surface area contributed by atoms with Crippen LogP contribution in [0, 0.1) is 0 Å². The fourth-order valence-electron chi connectivity index (χ4n) is 2.22. The predicted octanol–water partition coefficient (Wildman–Crippen LogP) is 3.19. The zero-order valence-corrected chi connectivity index (χ0v) is 11.4. The first-order valence-corrected chi connectivity index (χ1v) is 6.23. The van der Waals surface area contributed by atoms with Crippen molar-refractivity contribution in [3.8, 4) is 0 Å². The van der Waals surface area contributed by atoms with E-state index in [1.165, 1.54) is 0 Å². The molecule has 1 aliphatic heterocycles. The Labute approximate surface area is 108 Å². The molecule has 1 aromatic carbocycles. The van der Waals surface area contributed by atoms with Crippen molar-refractivity contribution in [3.05, 3.63) is 35.9 Å². The zero-order valence-electron chi connectivity index (χ0n) is 11.4. The van der Waals surface area contributed by atoms with Crippen molar-refractivity contribution in [1.82, 2.24) is 0 Å². The molecule has 3 nitrogen and oxygen atoms in total. The van der Waals surface area contributed by atoms with Gasteiger partial charge in [-0.3, -0.25) is 4.79 Å². The predicted molar refractivity (Wildman–Crippen MR) is 75.9 cm³/mol. The van der Waals surface area contributed by atoms with E-state index in [0.717, 1.165) is 16.9 Å². The number of nitrogens with one attached hydrogen (secondary N) is 1. The van der Waals surface area contributed by atoms with Crippen molar-refractivity contribution in [2.45, 2.75) is 33.2 Å². The Bertz CT molecular complexity index is 499. The number of allylic oxidation sites excluding steroid dienone is 1. The highest BCUT2D eigenvalue weighted by atomic mass is 16.2. The van der Waals surface area contributed by atoms with Crippen molar-refractivity contribution >= 4 is 17.3 Å². The molecule has 0 atom stereocenters. The number of carbonyl (C=O) groups excluding carboxylic acids is 1. The van der Waals surface area contributed by atoms with Crippen LogP contribution in [0.2, 0.25) is 0 Å². The molecule has 1 N–H and O–H groups in total. The monoisotopic (exact) mass is 244 g/mol. The molecule has 1 amide bonds. The van der Waals surface area contributed by atoms with Crippen molar-refractivity contribution in [2.75, 3.05) is 16.8 Å². The maximum atomic E-state index is 12.3. The van der Waals surface area contributed by atoms with E-state index < -0.39 is 0 Å². The first-order valence-electron chi connectivity index (χ1n) is 6.23. The van der Waals surface area contributed by atoms with Gasteiger partial charge in [-0.2, -0.15) is 0 Å². The van der Waals surface area contributed by atoms with Gasteiger partial charge in [0.25, 0.3) is 5.91 Å². The highest BCUT2D eigenvalue weighted by molar-refractivity contribution is 6.04. The minimum absolute atomic E-state index is 0.0528. The summed E-state index contributed by atoms with van der Waals surface area (Å²) in [5.41, 5.74) is 2.89. The maximum absolute atomic E-state index is 12.3. The molecule has 0 saturated carbocycles. The van der Waals surface area contributed by atoms with Gasteiger partial charge in [-0.1, -0.05) is 17.7 Å². The topological polar surface area (TPSA) is 32.3 Å². The maximum Gasteiger partial charge on any atom is 0.251 e. The number of benzene rings is 1. The Morgan fingerprint density at radius 1 is 1.33 bits per heavy atom. The number of anilines is 2. The summed E-state index contributed by atoms with van der Waals surface area (Å²) in [5.74, 6) is 0.0528. The lowest BCUT2D eigenvalue weighted by molar-refractivity contribution is -0.114. The van der Waals surface area contributed by atoms with Gasteiger partial charge in [-0.25, -0.2) is 0 Å². The number of nitrogens with zero attached hydrogens (tertiary/aromatic N) is 1. The van der Waals surface area contributed by atoms with E-state index in [2.05, 4.69) is 19.2 Å². The number of carbonyl (C=O) groups is 1. The van der Waals surface area contributed by atoms with Gasteiger partial charge in [0.05, 0.1) is 11.4 Å². The van der Waals surface area contributed by atoms with E-state index in [1.807, 2.05) is 43.0 Å². The summed E-state index contributed by atoms with van der Waals surface area (Å²) in [6.45, 7) is 8.76. The number of para-hydroxylation sites is 2. The van der Waals surface area contributed by atoms with Crippen molar-refractivity contribution in [1.29, 1.82) is 0 Å². The standard InChI is InChI=1S/C15H20N2O/c1-11(2)9-14(18)17-10-15(3,4)16-12-7-5-6-8-13(12)17/h5-9,16H,10H2,1-4H3. The summed E-state index contributed by atoms with van der Waals surface area (Å²) < 4.78 is 0. The average Bonchev–Trinajstić information content (AvgIpc) is 2.25. The lowest BCUT2D eigenvalue weighted by Gasteiger charge is -2.40. The van der Waals surface area contributed by atoms with Crippen LogP contribution in [-0.2, 0) is 4.79 Å². The van der Waals surface area contributed by atoms with Crippen LogP contribution < -0.4 is 10.2 Å². The summed E-state index contributed by atoms with van der Waals surface area (Å²) in [6, 6.07) is 7.94. The van der Waals surface area contributed by atoms with E-state index >= 15 is 0 Å². The van der Waals surface area contributed by atoms with Gasteiger partial charge in [-0.05, 0) is 39.8 Å². The first-order chi connectivity index (χ1) is 8.39. The van der Waals surface area contributed by atoms with Crippen LogP contribution in [0.1, 0.15) is 27.7 Å². The van der Waals surface area contributed by atoms with Gasteiger partial charge in [0.2, 0.25) is 0 Å². The third-order valence-electron chi connectivity index (χ3n) is 2.90. The molecule has 3 heteroatoms.